The van der Waals surface area contributed by atoms with E-state index in [2.05, 4.69) is 15.7 Å². The van der Waals surface area contributed by atoms with E-state index in [4.69, 9.17) is 0 Å². The molecular weight excluding hydrogens is 304 g/mol. The second-order valence-corrected chi connectivity index (χ2v) is 5.96. The standard InChI is InChI=1S/C18H26N4O2/c1-3-14(2)17(23)13-20-18(24)19-11-9-15-5-7-16(8-6-15)22-12-4-10-21-22/h4-8,10,12,14,17,23H,3,9,11,13H2,1-2H3,(H2,19,20,24). The highest BCUT2D eigenvalue weighted by Gasteiger charge is 2.12. The maximum absolute atomic E-state index is 11.7. The quantitative estimate of drug-likeness (QED) is 0.694. The largest absolute Gasteiger partial charge is 0.391 e. The summed E-state index contributed by atoms with van der Waals surface area (Å²) in [6.07, 6.45) is 4.78. The lowest BCUT2D eigenvalue weighted by Crippen LogP contribution is -2.42. The van der Waals surface area contributed by atoms with Crippen molar-refractivity contribution in [3.63, 3.8) is 0 Å². The van der Waals surface area contributed by atoms with Crippen molar-refractivity contribution in [2.75, 3.05) is 13.1 Å². The summed E-state index contributed by atoms with van der Waals surface area (Å²) < 4.78 is 1.80. The van der Waals surface area contributed by atoms with Crippen LogP contribution in [0, 0.1) is 5.92 Å². The maximum atomic E-state index is 11.7. The van der Waals surface area contributed by atoms with Crippen LogP contribution in [0.5, 0.6) is 0 Å². The molecule has 0 fully saturated rings. The molecule has 0 aliphatic heterocycles. The number of aromatic nitrogens is 2. The molecule has 0 bridgehead atoms. The van der Waals surface area contributed by atoms with Crippen LogP contribution in [0.1, 0.15) is 25.8 Å². The lowest BCUT2D eigenvalue weighted by Gasteiger charge is -2.17. The third kappa shape index (κ3) is 5.38. The normalized spacial score (nSPS) is 13.3. The molecule has 2 atom stereocenters. The number of carbonyl (C=O) groups is 1. The summed E-state index contributed by atoms with van der Waals surface area (Å²) in [4.78, 5) is 11.7. The number of nitrogens with one attached hydrogen (secondary N) is 2. The minimum atomic E-state index is -0.504. The van der Waals surface area contributed by atoms with Gasteiger partial charge in [-0.15, -0.1) is 0 Å². The van der Waals surface area contributed by atoms with Gasteiger partial charge in [-0.1, -0.05) is 32.4 Å². The first-order valence-electron chi connectivity index (χ1n) is 8.39. The molecule has 2 unspecified atom stereocenters. The van der Waals surface area contributed by atoms with E-state index in [0.29, 0.717) is 6.54 Å². The minimum absolute atomic E-state index is 0.179. The van der Waals surface area contributed by atoms with Crippen LogP contribution in [-0.2, 0) is 6.42 Å². The fourth-order valence-electron chi connectivity index (χ4n) is 2.29. The van der Waals surface area contributed by atoms with Crippen molar-refractivity contribution >= 4 is 6.03 Å². The average molecular weight is 330 g/mol. The van der Waals surface area contributed by atoms with Crippen molar-refractivity contribution < 1.29 is 9.90 Å². The summed E-state index contributed by atoms with van der Waals surface area (Å²) in [5.41, 5.74) is 2.15. The van der Waals surface area contributed by atoms with Crippen LogP contribution in [0.25, 0.3) is 5.69 Å². The van der Waals surface area contributed by atoms with Crippen molar-refractivity contribution in [2.24, 2.45) is 5.92 Å². The predicted molar refractivity (Wildman–Crippen MR) is 94.1 cm³/mol. The van der Waals surface area contributed by atoms with Gasteiger partial charge in [0.2, 0.25) is 0 Å². The molecule has 2 aromatic rings. The number of urea groups is 1. The van der Waals surface area contributed by atoms with Crippen LogP contribution in [-0.4, -0.2) is 40.1 Å². The third-order valence-corrected chi connectivity index (χ3v) is 4.18. The Morgan fingerprint density at radius 2 is 2.04 bits per heavy atom. The molecule has 130 valence electrons. The van der Waals surface area contributed by atoms with Gasteiger partial charge in [0.15, 0.2) is 0 Å². The number of hydrogen-bond donors (Lipinski definition) is 3. The topological polar surface area (TPSA) is 79.2 Å². The fraction of sp³-hybridized carbons (Fsp3) is 0.444. The number of nitrogens with zero attached hydrogens (tertiary/aromatic N) is 2. The maximum Gasteiger partial charge on any atom is 0.314 e. The molecule has 0 aliphatic rings. The van der Waals surface area contributed by atoms with E-state index >= 15 is 0 Å². The lowest BCUT2D eigenvalue weighted by atomic mass is 10.0. The molecule has 0 saturated heterocycles. The smallest absolute Gasteiger partial charge is 0.314 e. The number of benzene rings is 1. The van der Waals surface area contributed by atoms with Crippen molar-refractivity contribution in [1.82, 2.24) is 20.4 Å². The SMILES string of the molecule is CCC(C)C(O)CNC(=O)NCCc1ccc(-n2cccn2)cc1. The van der Waals surface area contributed by atoms with Gasteiger partial charge in [-0.25, -0.2) is 9.48 Å². The van der Waals surface area contributed by atoms with Crippen LogP contribution in [0.4, 0.5) is 4.79 Å². The molecule has 24 heavy (non-hydrogen) atoms. The van der Waals surface area contributed by atoms with E-state index in [1.807, 2.05) is 50.4 Å². The monoisotopic (exact) mass is 330 g/mol. The first-order valence-corrected chi connectivity index (χ1v) is 8.39. The van der Waals surface area contributed by atoms with E-state index in [9.17, 15) is 9.90 Å². The lowest BCUT2D eigenvalue weighted by molar-refractivity contribution is 0.114. The average Bonchev–Trinajstić information content (AvgIpc) is 3.14. The number of hydrogen-bond acceptors (Lipinski definition) is 3. The Bertz CT molecular complexity index is 610. The summed E-state index contributed by atoms with van der Waals surface area (Å²) in [7, 11) is 0. The molecule has 1 aromatic carbocycles. The molecule has 0 radical (unpaired) electrons. The highest BCUT2D eigenvalue weighted by Crippen LogP contribution is 2.09. The van der Waals surface area contributed by atoms with Crippen LogP contribution in [0.2, 0.25) is 0 Å². The zero-order valence-corrected chi connectivity index (χ0v) is 14.3. The van der Waals surface area contributed by atoms with Gasteiger partial charge >= 0.3 is 6.03 Å². The Morgan fingerprint density at radius 3 is 2.67 bits per heavy atom. The summed E-state index contributed by atoms with van der Waals surface area (Å²) in [6.45, 7) is 4.81. The van der Waals surface area contributed by atoms with Gasteiger partial charge in [0.05, 0.1) is 11.8 Å². The van der Waals surface area contributed by atoms with Crippen LogP contribution >= 0.6 is 0 Å². The first-order chi connectivity index (χ1) is 11.6. The zero-order chi connectivity index (χ0) is 17.4. The van der Waals surface area contributed by atoms with E-state index in [-0.39, 0.29) is 18.5 Å². The van der Waals surface area contributed by atoms with Gasteiger partial charge in [-0.05, 0) is 36.1 Å². The Balaban J connectivity index is 1.69. The van der Waals surface area contributed by atoms with Crippen LogP contribution < -0.4 is 10.6 Å². The van der Waals surface area contributed by atoms with E-state index in [1.165, 1.54) is 0 Å². The molecule has 2 amide bonds. The third-order valence-electron chi connectivity index (χ3n) is 4.18. The Morgan fingerprint density at radius 1 is 1.29 bits per heavy atom. The van der Waals surface area contributed by atoms with Gasteiger partial charge in [0, 0.05) is 25.5 Å². The number of rotatable bonds is 8. The Labute approximate surface area is 142 Å². The van der Waals surface area contributed by atoms with Gasteiger partial charge in [0.25, 0.3) is 0 Å². The second kappa shape index (κ2) is 9.08. The van der Waals surface area contributed by atoms with Gasteiger partial charge in [-0.2, -0.15) is 5.10 Å². The molecular formula is C18H26N4O2. The van der Waals surface area contributed by atoms with E-state index < -0.39 is 6.10 Å². The zero-order valence-electron chi connectivity index (χ0n) is 14.3. The van der Waals surface area contributed by atoms with Crippen molar-refractivity contribution in [1.29, 1.82) is 0 Å². The summed E-state index contributed by atoms with van der Waals surface area (Å²) in [5.74, 6) is 0.179. The minimum Gasteiger partial charge on any atom is -0.391 e. The molecule has 0 spiro atoms. The molecule has 1 aromatic heterocycles. The number of aliphatic hydroxyl groups is 1. The van der Waals surface area contributed by atoms with Crippen molar-refractivity contribution in [3.8, 4) is 5.69 Å². The first kappa shape index (κ1) is 18.0. The molecule has 6 nitrogen and oxygen atoms in total. The molecule has 6 heteroatoms. The summed E-state index contributed by atoms with van der Waals surface area (Å²) >= 11 is 0. The highest BCUT2D eigenvalue weighted by molar-refractivity contribution is 5.73. The molecule has 3 N–H and O–H groups in total. The van der Waals surface area contributed by atoms with E-state index in [1.54, 1.807) is 10.9 Å². The highest BCUT2D eigenvalue weighted by atomic mass is 16.3. The van der Waals surface area contributed by atoms with Crippen molar-refractivity contribution in [3.05, 3.63) is 48.3 Å². The molecule has 0 saturated carbocycles. The number of amides is 2. The number of carbonyl (C=O) groups excluding carboxylic acids is 1. The Kier molecular flexibility index (Phi) is 6.81. The van der Waals surface area contributed by atoms with Crippen molar-refractivity contribution in [2.45, 2.75) is 32.8 Å². The van der Waals surface area contributed by atoms with E-state index in [0.717, 1.165) is 24.1 Å². The Hall–Kier alpha value is -2.34. The van der Waals surface area contributed by atoms with Gasteiger partial charge in [0.1, 0.15) is 0 Å². The number of aliphatic hydroxyl groups excluding tert-OH is 1. The second-order valence-electron chi connectivity index (χ2n) is 5.96. The van der Waals surface area contributed by atoms with Crippen LogP contribution in [0.15, 0.2) is 42.7 Å². The summed E-state index contributed by atoms with van der Waals surface area (Å²) in [6, 6.07) is 9.71. The van der Waals surface area contributed by atoms with Gasteiger partial charge in [-0.3, -0.25) is 0 Å². The predicted octanol–water partition coefficient (Wildman–Crippen LogP) is 2.12. The molecule has 1 heterocycles. The van der Waals surface area contributed by atoms with Crippen LogP contribution in [0.3, 0.4) is 0 Å². The molecule has 2 rings (SSSR count). The fourth-order valence-corrected chi connectivity index (χ4v) is 2.29. The molecule has 0 aliphatic carbocycles. The summed E-state index contributed by atoms with van der Waals surface area (Å²) in [5, 5.41) is 19.5. The van der Waals surface area contributed by atoms with Gasteiger partial charge < -0.3 is 15.7 Å².